The first-order valence-electron chi connectivity index (χ1n) is 6.29. The summed E-state index contributed by atoms with van der Waals surface area (Å²) in [5.74, 6) is 0.840. The Hall–Kier alpha value is -0.580. The Morgan fingerprint density at radius 3 is 2.84 bits per heavy atom. The van der Waals surface area contributed by atoms with Crippen molar-refractivity contribution < 1.29 is 29.0 Å². The second kappa shape index (κ2) is 6.73. The van der Waals surface area contributed by atoms with Gasteiger partial charge in [-0.2, -0.15) is 0 Å². The summed E-state index contributed by atoms with van der Waals surface area (Å²) in [7, 11) is -1.07. The van der Waals surface area contributed by atoms with Crippen LogP contribution in [-0.4, -0.2) is 32.3 Å². The number of fused-ring (bicyclic) bond motifs is 1. The molecule has 1 aromatic heterocycles. The molecular formula is C13H20N2O2SiZn. The molecule has 0 atom stereocenters. The third-order valence-electron chi connectivity index (χ3n) is 2.98. The van der Waals surface area contributed by atoms with Crippen molar-refractivity contribution in [3.8, 4) is 0 Å². The molecule has 0 radical (unpaired) electrons. The number of rotatable bonds is 5. The molecule has 0 saturated heterocycles. The van der Waals surface area contributed by atoms with E-state index >= 15 is 0 Å². The van der Waals surface area contributed by atoms with Crippen LogP contribution < -0.4 is 4.90 Å². The average Bonchev–Trinajstić information content (AvgIpc) is 2.59. The van der Waals surface area contributed by atoms with Crippen LogP contribution in [0.5, 0.6) is 0 Å². The maximum absolute atomic E-state index is 11.8. The number of hydrogen-bond acceptors (Lipinski definition) is 3. The van der Waals surface area contributed by atoms with Crippen molar-refractivity contribution in [2.45, 2.75) is 32.1 Å². The molecule has 100 valence electrons. The maximum Gasteiger partial charge on any atom is 0.234 e. The van der Waals surface area contributed by atoms with E-state index in [0.717, 1.165) is 24.0 Å². The molecule has 2 heterocycles. The van der Waals surface area contributed by atoms with E-state index in [0.29, 0.717) is 13.2 Å². The van der Waals surface area contributed by atoms with Crippen molar-refractivity contribution >= 4 is 19.8 Å². The number of pyridine rings is 1. The van der Waals surface area contributed by atoms with E-state index < -0.39 is 8.07 Å². The zero-order chi connectivity index (χ0) is 13.2. The number of hydrogen-bond donors (Lipinski definition) is 0. The van der Waals surface area contributed by atoms with Gasteiger partial charge in [0.2, 0.25) is 5.91 Å². The van der Waals surface area contributed by atoms with Crippen LogP contribution >= 0.6 is 0 Å². The number of carbonyl (C=O) groups is 1. The Kier molecular flexibility index (Phi) is 5.83. The van der Waals surface area contributed by atoms with E-state index in [4.69, 9.17) is 4.74 Å². The maximum atomic E-state index is 11.8. The third kappa shape index (κ3) is 4.48. The summed E-state index contributed by atoms with van der Waals surface area (Å²) < 4.78 is 5.62. The number of ether oxygens (including phenoxy) is 1. The minimum Gasteiger partial charge on any atom is -0.361 e. The molecule has 2 rings (SSSR count). The number of nitrogens with zero attached hydrogens (tertiary/aromatic N) is 2. The number of carbonyl (C=O) groups excluding carboxylic acids is 1. The van der Waals surface area contributed by atoms with Gasteiger partial charge in [0.15, 0.2) is 0 Å². The van der Waals surface area contributed by atoms with Crippen molar-refractivity contribution in [3.05, 3.63) is 23.9 Å². The summed E-state index contributed by atoms with van der Waals surface area (Å²) in [5, 5.41) is 0. The monoisotopic (exact) mass is 328 g/mol. The Labute approximate surface area is 128 Å². The fourth-order valence-corrected chi connectivity index (χ4v) is 2.61. The fraction of sp³-hybridized carbons (Fsp3) is 0.538. The third-order valence-corrected chi connectivity index (χ3v) is 4.69. The molecule has 0 bridgehead atoms. The molecule has 6 heteroatoms. The van der Waals surface area contributed by atoms with Crippen LogP contribution in [0.25, 0.3) is 0 Å². The van der Waals surface area contributed by atoms with Crippen molar-refractivity contribution in [3.63, 3.8) is 0 Å². The average molecular weight is 330 g/mol. The van der Waals surface area contributed by atoms with Crippen molar-refractivity contribution in [2.75, 3.05) is 18.2 Å². The van der Waals surface area contributed by atoms with Crippen molar-refractivity contribution in [1.82, 2.24) is 4.98 Å². The minimum atomic E-state index is -1.07. The predicted octanol–water partition coefficient (Wildman–Crippen LogP) is 2.28. The van der Waals surface area contributed by atoms with Gasteiger partial charge in [-0.25, -0.2) is 4.98 Å². The summed E-state index contributed by atoms with van der Waals surface area (Å²) in [6.45, 7) is 7.99. The normalized spacial score (nSPS) is 14.3. The molecule has 1 amide bonds. The van der Waals surface area contributed by atoms with Gasteiger partial charge < -0.3 is 4.74 Å². The van der Waals surface area contributed by atoms with E-state index in [-0.39, 0.29) is 25.4 Å². The summed E-state index contributed by atoms with van der Waals surface area (Å²) in [6.07, 6.45) is 2.16. The van der Waals surface area contributed by atoms with E-state index in [9.17, 15) is 4.79 Å². The zero-order valence-corrected chi connectivity index (χ0v) is 15.9. The molecule has 19 heavy (non-hydrogen) atoms. The smallest absolute Gasteiger partial charge is 0.234 e. The second-order valence-corrected chi connectivity index (χ2v) is 11.5. The molecule has 0 N–H and O–H groups in total. The molecule has 1 aliphatic rings. The molecule has 0 unspecified atom stereocenters. The molecule has 0 aromatic carbocycles. The summed E-state index contributed by atoms with van der Waals surface area (Å²) in [6, 6.07) is 4.92. The van der Waals surface area contributed by atoms with E-state index in [1.165, 1.54) is 0 Å². The Bertz CT molecular complexity index is 449. The van der Waals surface area contributed by atoms with Gasteiger partial charge in [0.25, 0.3) is 0 Å². The molecule has 0 saturated carbocycles. The molecule has 4 nitrogen and oxygen atoms in total. The zero-order valence-electron chi connectivity index (χ0n) is 12.0. The number of aromatic nitrogens is 1. The largest absolute Gasteiger partial charge is 0.361 e. The second-order valence-electron chi connectivity index (χ2n) is 5.83. The molecule has 0 fully saturated rings. The first-order valence-corrected chi connectivity index (χ1v) is 10.00. The van der Waals surface area contributed by atoms with Gasteiger partial charge in [0.1, 0.15) is 12.5 Å². The van der Waals surface area contributed by atoms with Crippen LogP contribution in [0, 0.1) is 0 Å². The van der Waals surface area contributed by atoms with Crippen molar-refractivity contribution in [2.24, 2.45) is 0 Å². The van der Waals surface area contributed by atoms with Crippen LogP contribution in [0.1, 0.15) is 5.56 Å². The van der Waals surface area contributed by atoms with Gasteiger partial charge >= 0.3 is 0 Å². The number of anilines is 1. The van der Waals surface area contributed by atoms with Crippen LogP contribution in [0.4, 0.5) is 5.82 Å². The fourth-order valence-electron chi connectivity index (χ4n) is 1.86. The predicted molar refractivity (Wildman–Crippen MR) is 74.4 cm³/mol. The van der Waals surface area contributed by atoms with Gasteiger partial charge in [-0.05, 0) is 12.1 Å². The van der Waals surface area contributed by atoms with Crippen molar-refractivity contribution in [1.29, 1.82) is 0 Å². The molecule has 1 aromatic rings. The quantitative estimate of drug-likeness (QED) is 0.615. The summed E-state index contributed by atoms with van der Waals surface area (Å²) >= 11 is 0. The van der Waals surface area contributed by atoms with E-state index in [1.807, 2.05) is 12.1 Å². The SMILES string of the molecule is C[Si](C)(C)CCOCN1C(=O)Cc2cccnc21.[Zn]. The molecule has 0 aliphatic carbocycles. The van der Waals surface area contributed by atoms with Gasteiger partial charge in [-0.3, -0.25) is 9.69 Å². The molecular weight excluding hydrogens is 310 g/mol. The molecule has 0 spiro atoms. The Balaban J connectivity index is 0.00000180. The van der Waals surface area contributed by atoms with Gasteiger partial charge in [-0.15, -0.1) is 0 Å². The van der Waals surface area contributed by atoms with Crippen LogP contribution in [0.15, 0.2) is 18.3 Å². The van der Waals surface area contributed by atoms with Crippen LogP contribution in [0.2, 0.25) is 25.7 Å². The van der Waals surface area contributed by atoms with Gasteiger partial charge in [0, 0.05) is 45.9 Å². The minimum absolute atomic E-state index is 0. The van der Waals surface area contributed by atoms with Gasteiger partial charge in [-0.1, -0.05) is 25.7 Å². The summed E-state index contributed by atoms with van der Waals surface area (Å²) in [4.78, 5) is 17.7. The van der Waals surface area contributed by atoms with E-state index in [2.05, 4.69) is 24.6 Å². The van der Waals surface area contributed by atoms with E-state index in [1.54, 1.807) is 11.1 Å². The summed E-state index contributed by atoms with van der Waals surface area (Å²) in [5.41, 5.74) is 0.997. The number of amides is 1. The van der Waals surface area contributed by atoms with Gasteiger partial charge in [0.05, 0.1) is 6.42 Å². The van der Waals surface area contributed by atoms with Crippen LogP contribution in [-0.2, 0) is 35.4 Å². The first-order chi connectivity index (χ1) is 8.47. The topological polar surface area (TPSA) is 42.4 Å². The Morgan fingerprint density at radius 2 is 2.16 bits per heavy atom. The molecule has 1 aliphatic heterocycles. The van der Waals surface area contributed by atoms with Crippen LogP contribution in [0.3, 0.4) is 0 Å². The Morgan fingerprint density at radius 1 is 1.42 bits per heavy atom. The standard InChI is InChI=1S/C13H20N2O2Si.Zn/c1-18(2,3)8-7-17-10-15-12(16)9-11-5-4-6-14-13(11)15;/h4-6H,7-10H2,1-3H3;. The first kappa shape index (κ1) is 16.5.